The van der Waals surface area contributed by atoms with E-state index in [0.29, 0.717) is 18.7 Å². The van der Waals surface area contributed by atoms with Crippen molar-refractivity contribution in [3.63, 3.8) is 0 Å². The molecule has 2 N–H and O–H groups in total. The molecule has 2 atom stereocenters. The summed E-state index contributed by atoms with van der Waals surface area (Å²) in [4.78, 5) is 42.5. The zero-order valence-electron chi connectivity index (χ0n) is 27.9. The van der Waals surface area contributed by atoms with Crippen LogP contribution in [0, 0.1) is 11.8 Å². The molecule has 1 aromatic rings. The first-order valence-corrected chi connectivity index (χ1v) is 15.6. The van der Waals surface area contributed by atoms with Crippen LogP contribution >= 0.6 is 0 Å². The van der Waals surface area contributed by atoms with E-state index in [9.17, 15) is 14.4 Å². The molecule has 1 saturated heterocycles. The van der Waals surface area contributed by atoms with E-state index in [1.807, 2.05) is 58.0 Å². The van der Waals surface area contributed by atoms with Crippen molar-refractivity contribution in [3.8, 4) is 0 Å². The molecule has 7 nitrogen and oxygen atoms in total. The van der Waals surface area contributed by atoms with Crippen molar-refractivity contribution < 1.29 is 14.4 Å². The smallest absolute Gasteiger partial charge is 0.246 e. The summed E-state index contributed by atoms with van der Waals surface area (Å²) in [5.74, 6) is 0.440. The highest BCUT2D eigenvalue weighted by atomic mass is 16.2. The fourth-order valence-corrected chi connectivity index (χ4v) is 4.41. The van der Waals surface area contributed by atoms with Crippen LogP contribution in [0.3, 0.4) is 0 Å². The lowest BCUT2D eigenvalue weighted by Crippen LogP contribution is -2.57. The number of piperidine rings is 1. The van der Waals surface area contributed by atoms with E-state index in [2.05, 4.69) is 50.2 Å². The number of carbonyl (C=O) groups excluding carboxylic acids is 3. The molecule has 234 valence electrons. The van der Waals surface area contributed by atoms with Gasteiger partial charge in [0.1, 0.15) is 6.04 Å². The molecule has 0 aliphatic carbocycles. The van der Waals surface area contributed by atoms with Gasteiger partial charge in [-0.1, -0.05) is 91.3 Å². The van der Waals surface area contributed by atoms with Crippen molar-refractivity contribution in [2.45, 2.75) is 113 Å². The molecule has 2 rings (SSSR count). The van der Waals surface area contributed by atoms with Crippen LogP contribution in [-0.4, -0.2) is 72.3 Å². The summed E-state index contributed by atoms with van der Waals surface area (Å²) >= 11 is 0. The Bertz CT molecular complexity index is 909. The van der Waals surface area contributed by atoms with E-state index >= 15 is 0 Å². The molecule has 0 bridgehead atoms. The lowest BCUT2D eigenvalue weighted by atomic mass is 9.97. The van der Waals surface area contributed by atoms with Gasteiger partial charge in [-0.25, -0.2) is 0 Å². The number of benzene rings is 1. The summed E-state index contributed by atoms with van der Waals surface area (Å²) in [7, 11) is 1.71. The Morgan fingerprint density at radius 3 is 2.12 bits per heavy atom. The number of likely N-dealkylation sites (tertiary alicyclic amines) is 1. The number of hydrogen-bond acceptors (Lipinski definition) is 4. The number of hydrogen-bond donors (Lipinski definition) is 2. The third-order valence-corrected chi connectivity index (χ3v) is 6.69. The Morgan fingerprint density at radius 2 is 1.59 bits per heavy atom. The second kappa shape index (κ2) is 21.1. The first-order valence-electron chi connectivity index (χ1n) is 15.6. The zero-order valence-corrected chi connectivity index (χ0v) is 27.9. The molecule has 0 saturated carbocycles. The molecule has 1 fully saturated rings. The highest BCUT2D eigenvalue weighted by Crippen LogP contribution is 2.20. The van der Waals surface area contributed by atoms with Crippen LogP contribution in [0.4, 0.5) is 0 Å². The van der Waals surface area contributed by atoms with Crippen molar-refractivity contribution >= 4 is 17.7 Å². The monoisotopic (exact) mass is 572 g/mol. The van der Waals surface area contributed by atoms with Gasteiger partial charge in [-0.15, -0.1) is 0 Å². The van der Waals surface area contributed by atoms with Crippen molar-refractivity contribution in [2.75, 3.05) is 26.7 Å². The van der Waals surface area contributed by atoms with Crippen LogP contribution in [0.2, 0.25) is 0 Å². The predicted molar refractivity (Wildman–Crippen MR) is 173 cm³/mol. The van der Waals surface area contributed by atoms with Crippen LogP contribution in [-0.2, 0) is 20.8 Å². The Morgan fingerprint density at radius 1 is 1.00 bits per heavy atom. The molecule has 7 heteroatoms. The SMILES string of the molecule is C/C(=C\CN(C)C(=O)C(NC(=O)C1CCCCN1C(C)C)C(C)C)C(=O)NCCc1ccccc1.CC.CC(C)C. The summed E-state index contributed by atoms with van der Waals surface area (Å²) < 4.78 is 0. The Kier molecular flexibility index (Phi) is 19.7. The molecule has 1 aromatic carbocycles. The van der Waals surface area contributed by atoms with E-state index in [1.165, 1.54) is 5.56 Å². The fraction of sp³-hybridized carbons (Fsp3) is 0.676. The summed E-state index contributed by atoms with van der Waals surface area (Å²) in [6.45, 7) is 22.1. The highest BCUT2D eigenvalue weighted by Gasteiger charge is 2.34. The number of rotatable bonds is 11. The molecule has 0 spiro atoms. The zero-order chi connectivity index (χ0) is 31.5. The standard InChI is InChI=1S/C28H44N4O3.C4H10.C2H6/c1-20(2)25(30-27(34)24-14-10-11-18-32(24)21(3)4)28(35)31(6)19-16-22(5)26(33)29-17-15-23-12-8-7-9-13-23;1-4(2)3;1-2/h7-9,12-13,16,20-21,24-25H,10-11,14-15,17-19H2,1-6H3,(H,29,33)(H,30,34);4H,1-3H3;1-2H3/b22-16+;;. The van der Waals surface area contributed by atoms with Gasteiger partial charge >= 0.3 is 0 Å². The molecule has 2 unspecified atom stereocenters. The fourth-order valence-electron chi connectivity index (χ4n) is 4.41. The van der Waals surface area contributed by atoms with E-state index in [-0.39, 0.29) is 35.7 Å². The maximum absolute atomic E-state index is 13.2. The minimum Gasteiger partial charge on any atom is -0.352 e. The molecule has 3 amide bonds. The van der Waals surface area contributed by atoms with Crippen molar-refractivity contribution in [1.82, 2.24) is 20.4 Å². The summed E-state index contributed by atoms with van der Waals surface area (Å²) in [5, 5.41) is 5.96. The van der Waals surface area contributed by atoms with Gasteiger partial charge in [-0.05, 0) is 64.0 Å². The molecule has 0 aromatic heterocycles. The van der Waals surface area contributed by atoms with Gasteiger partial charge in [0.05, 0.1) is 6.04 Å². The molecule has 41 heavy (non-hydrogen) atoms. The third kappa shape index (κ3) is 15.2. The van der Waals surface area contributed by atoms with E-state index < -0.39 is 6.04 Å². The van der Waals surface area contributed by atoms with Gasteiger partial charge in [0, 0.05) is 31.8 Å². The largest absolute Gasteiger partial charge is 0.352 e. The van der Waals surface area contributed by atoms with E-state index in [4.69, 9.17) is 0 Å². The first-order chi connectivity index (χ1) is 19.3. The third-order valence-electron chi connectivity index (χ3n) is 6.69. The van der Waals surface area contributed by atoms with Crippen LogP contribution in [0.5, 0.6) is 0 Å². The number of amides is 3. The van der Waals surface area contributed by atoms with Gasteiger partial charge in [-0.2, -0.15) is 0 Å². The number of nitrogens with zero attached hydrogens (tertiary/aromatic N) is 2. The highest BCUT2D eigenvalue weighted by molar-refractivity contribution is 5.93. The van der Waals surface area contributed by atoms with Crippen molar-refractivity contribution in [2.24, 2.45) is 11.8 Å². The minimum atomic E-state index is -0.600. The van der Waals surface area contributed by atoms with Gasteiger partial charge in [0.15, 0.2) is 0 Å². The topological polar surface area (TPSA) is 81.8 Å². The maximum atomic E-state index is 13.2. The molecular formula is C34H60N4O3. The summed E-state index contributed by atoms with van der Waals surface area (Å²) in [6, 6.07) is 9.51. The normalized spacial score (nSPS) is 16.2. The number of carbonyl (C=O) groups is 3. The first kappa shape index (κ1) is 38.3. The second-order valence-electron chi connectivity index (χ2n) is 11.9. The Hall–Kier alpha value is -2.67. The van der Waals surface area contributed by atoms with Gasteiger partial charge in [0.25, 0.3) is 0 Å². The Balaban J connectivity index is 0.00000244. The quantitative estimate of drug-likeness (QED) is 0.326. The molecule has 1 aliphatic rings. The van der Waals surface area contributed by atoms with Crippen molar-refractivity contribution in [3.05, 3.63) is 47.5 Å². The average molecular weight is 573 g/mol. The lowest BCUT2D eigenvalue weighted by Gasteiger charge is -2.38. The van der Waals surface area contributed by atoms with Gasteiger partial charge < -0.3 is 15.5 Å². The van der Waals surface area contributed by atoms with Crippen LogP contribution in [0.1, 0.15) is 94.1 Å². The van der Waals surface area contributed by atoms with Gasteiger partial charge in [0.2, 0.25) is 17.7 Å². The number of likely N-dealkylation sites (N-methyl/N-ethyl adjacent to an activating group) is 1. The molecule has 1 aliphatic heterocycles. The molecule has 0 radical (unpaired) electrons. The average Bonchev–Trinajstić information content (AvgIpc) is 2.95. The summed E-state index contributed by atoms with van der Waals surface area (Å²) in [5.41, 5.74) is 1.74. The molecular weight excluding hydrogens is 512 g/mol. The van der Waals surface area contributed by atoms with Crippen molar-refractivity contribution in [1.29, 1.82) is 0 Å². The lowest BCUT2D eigenvalue weighted by molar-refractivity contribution is -0.138. The molecule has 1 heterocycles. The van der Waals surface area contributed by atoms with Crippen LogP contribution < -0.4 is 10.6 Å². The number of nitrogens with one attached hydrogen (secondary N) is 2. The van der Waals surface area contributed by atoms with E-state index in [1.54, 1.807) is 24.9 Å². The van der Waals surface area contributed by atoms with Crippen LogP contribution in [0.25, 0.3) is 0 Å². The minimum absolute atomic E-state index is 0.0450. The summed E-state index contributed by atoms with van der Waals surface area (Å²) in [6.07, 6.45) is 5.47. The van der Waals surface area contributed by atoms with Crippen LogP contribution in [0.15, 0.2) is 42.0 Å². The Labute approximate surface area is 251 Å². The maximum Gasteiger partial charge on any atom is 0.246 e. The van der Waals surface area contributed by atoms with Gasteiger partial charge in [-0.3, -0.25) is 19.3 Å². The second-order valence-corrected chi connectivity index (χ2v) is 11.9. The van der Waals surface area contributed by atoms with E-state index in [0.717, 1.165) is 38.1 Å². The predicted octanol–water partition coefficient (Wildman–Crippen LogP) is 5.84.